The van der Waals surface area contributed by atoms with Gasteiger partial charge in [0, 0.05) is 24.3 Å². The molecule has 3 aliphatic carbocycles. The lowest BCUT2D eigenvalue weighted by Crippen LogP contribution is -2.54. The first-order valence-electron chi connectivity index (χ1n) is 7.29. The highest BCUT2D eigenvalue weighted by Gasteiger charge is 2.71. The second-order valence-corrected chi connectivity index (χ2v) is 6.67. The fourth-order valence-corrected chi connectivity index (χ4v) is 4.87. The molecule has 4 nitrogen and oxygen atoms in total. The van der Waals surface area contributed by atoms with E-state index in [1.54, 1.807) is 13.0 Å². The van der Waals surface area contributed by atoms with Crippen molar-refractivity contribution in [2.24, 2.45) is 17.3 Å². The first-order chi connectivity index (χ1) is 9.33. The Morgan fingerprint density at radius 3 is 2.70 bits per heavy atom. The molecular weight excluding hydrogens is 256 g/mol. The first-order valence-corrected chi connectivity index (χ1v) is 7.29. The third kappa shape index (κ3) is 1.43. The Kier molecular flexibility index (Phi) is 2.81. The maximum absolute atomic E-state index is 12.5. The monoisotopic (exact) mass is 276 g/mol. The van der Waals surface area contributed by atoms with Crippen molar-refractivity contribution in [1.82, 2.24) is 0 Å². The van der Waals surface area contributed by atoms with Gasteiger partial charge in [0.25, 0.3) is 0 Å². The molecule has 2 fully saturated rings. The van der Waals surface area contributed by atoms with Crippen LogP contribution in [0.1, 0.15) is 46.0 Å². The van der Waals surface area contributed by atoms with E-state index < -0.39 is 11.0 Å². The largest absolute Gasteiger partial charge is 0.384 e. The Morgan fingerprint density at radius 1 is 1.40 bits per heavy atom. The Balaban J connectivity index is 2.06. The van der Waals surface area contributed by atoms with Crippen molar-refractivity contribution in [3.05, 3.63) is 11.6 Å². The molecule has 3 rings (SSSR count). The maximum Gasteiger partial charge on any atom is 0.158 e. The molecule has 2 bridgehead atoms. The number of Topliss-reactive ketones (excluding diaryl/α,β-unsaturated/α-hetero) is 3. The number of aliphatic hydroxyl groups is 1. The van der Waals surface area contributed by atoms with Crippen molar-refractivity contribution < 1.29 is 19.5 Å². The zero-order valence-corrected chi connectivity index (χ0v) is 11.9. The fraction of sp³-hybridized carbons (Fsp3) is 0.688. The average molecular weight is 276 g/mol. The number of hydrogen-bond acceptors (Lipinski definition) is 4. The van der Waals surface area contributed by atoms with E-state index in [1.165, 1.54) is 6.92 Å². The van der Waals surface area contributed by atoms with Gasteiger partial charge in [-0.2, -0.15) is 0 Å². The highest BCUT2D eigenvalue weighted by Crippen LogP contribution is 2.65. The van der Waals surface area contributed by atoms with Gasteiger partial charge >= 0.3 is 0 Å². The molecule has 0 aromatic carbocycles. The summed E-state index contributed by atoms with van der Waals surface area (Å²) in [4.78, 5) is 35.8. The van der Waals surface area contributed by atoms with Crippen molar-refractivity contribution in [3.8, 4) is 0 Å². The van der Waals surface area contributed by atoms with Gasteiger partial charge in [-0.3, -0.25) is 9.59 Å². The molecule has 0 spiro atoms. The van der Waals surface area contributed by atoms with E-state index in [9.17, 15) is 19.5 Å². The van der Waals surface area contributed by atoms with Crippen molar-refractivity contribution >= 4 is 17.3 Å². The molecule has 0 aromatic heterocycles. The van der Waals surface area contributed by atoms with Crippen LogP contribution in [0.25, 0.3) is 0 Å². The van der Waals surface area contributed by atoms with Crippen molar-refractivity contribution in [3.63, 3.8) is 0 Å². The van der Waals surface area contributed by atoms with Gasteiger partial charge < -0.3 is 9.90 Å². The Hall–Kier alpha value is -1.29. The van der Waals surface area contributed by atoms with Crippen molar-refractivity contribution in [2.75, 3.05) is 0 Å². The molecule has 0 aromatic rings. The molecule has 108 valence electrons. The van der Waals surface area contributed by atoms with E-state index in [0.717, 1.165) is 6.42 Å². The van der Waals surface area contributed by atoms with Gasteiger partial charge in [-0.05, 0) is 39.0 Å². The summed E-state index contributed by atoms with van der Waals surface area (Å²) in [5.74, 6) is -0.263. The molecule has 0 saturated heterocycles. The molecule has 0 unspecified atom stereocenters. The van der Waals surface area contributed by atoms with E-state index >= 15 is 0 Å². The summed E-state index contributed by atoms with van der Waals surface area (Å²) >= 11 is 0. The van der Waals surface area contributed by atoms with Gasteiger partial charge in [-0.1, -0.05) is 6.08 Å². The maximum atomic E-state index is 12.5. The standard InChI is InChI=1S/C16H20O4/c1-9(17)7-11-3-5-15-6-4-12(10(2)18)16(15,20)13(11)8-14(15)19/h4,11,13,20H,3,5-8H2,1-2H3/t11-,13+,15-,16-/m1/s1. The van der Waals surface area contributed by atoms with Crippen LogP contribution < -0.4 is 0 Å². The van der Waals surface area contributed by atoms with Crippen LogP contribution in [0.3, 0.4) is 0 Å². The van der Waals surface area contributed by atoms with Crippen molar-refractivity contribution in [2.45, 2.75) is 51.6 Å². The molecular formula is C16H20O4. The van der Waals surface area contributed by atoms with Gasteiger partial charge in [-0.15, -0.1) is 0 Å². The van der Waals surface area contributed by atoms with Crippen LogP contribution in [0.15, 0.2) is 11.6 Å². The third-order valence-electron chi connectivity index (χ3n) is 5.71. The van der Waals surface area contributed by atoms with Crippen LogP contribution in [0, 0.1) is 17.3 Å². The van der Waals surface area contributed by atoms with Gasteiger partial charge in [0.05, 0.1) is 5.41 Å². The molecule has 3 aliphatic rings. The molecule has 20 heavy (non-hydrogen) atoms. The summed E-state index contributed by atoms with van der Waals surface area (Å²) in [6.45, 7) is 2.99. The van der Waals surface area contributed by atoms with Gasteiger partial charge in [-0.25, -0.2) is 0 Å². The van der Waals surface area contributed by atoms with Crippen LogP contribution in [0.4, 0.5) is 0 Å². The zero-order chi connectivity index (χ0) is 14.7. The predicted octanol–water partition coefficient (Wildman–Crippen LogP) is 1.60. The van der Waals surface area contributed by atoms with Crippen molar-refractivity contribution in [1.29, 1.82) is 0 Å². The van der Waals surface area contributed by atoms with Crippen LogP contribution in [-0.2, 0) is 14.4 Å². The summed E-state index contributed by atoms with van der Waals surface area (Å²) in [6, 6.07) is 0. The molecule has 0 aliphatic heterocycles. The van der Waals surface area contributed by atoms with E-state index in [4.69, 9.17) is 0 Å². The third-order valence-corrected chi connectivity index (χ3v) is 5.71. The summed E-state index contributed by atoms with van der Waals surface area (Å²) in [6.07, 6.45) is 4.30. The van der Waals surface area contributed by atoms with Gasteiger partial charge in [0.15, 0.2) is 5.78 Å². The number of hydrogen-bond donors (Lipinski definition) is 1. The number of carbonyl (C=O) groups excluding carboxylic acids is 3. The lowest BCUT2D eigenvalue weighted by Gasteiger charge is -2.47. The quantitative estimate of drug-likeness (QED) is 0.850. The second-order valence-electron chi connectivity index (χ2n) is 6.67. The topological polar surface area (TPSA) is 71.4 Å². The Morgan fingerprint density at radius 2 is 2.10 bits per heavy atom. The Labute approximate surface area is 118 Å². The Bertz CT molecular complexity index is 547. The highest BCUT2D eigenvalue weighted by molar-refractivity contribution is 6.02. The molecule has 2 saturated carbocycles. The number of allylic oxidation sites excluding steroid dienone is 1. The molecule has 1 N–H and O–H groups in total. The average Bonchev–Trinajstić information content (AvgIpc) is 2.70. The summed E-state index contributed by atoms with van der Waals surface area (Å²) in [5, 5.41) is 11.3. The molecule has 0 amide bonds. The molecule has 4 heteroatoms. The van der Waals surface area contributed by atoms with Crippen LogP contribution in [-0.4, -0.2) is 28.1 Å². The summed E-state index contributed by atoms with van der Waals surface area (Å²) in [5.41, 5.74) is -1.71. The van der Waals surface area contributed by atoms with Crippen LogP contribution in [0.2, 0.25) is 0 Å². The lowest BCUT2D eigenvalue weighted by molar-refractivity contribution is -0.142. The van der Waals surface area contributed by atoms with E-state index in [0.29, 0.717) is 31.3 Å². The van der Waals surface area contributed by atoms with Gasteiger partial charge in [0.1, 0.15) is 17.2 Å². The van der Waals surface area contributed by atoms with E-state index in [-0.39, 0.29) is 29.2 Å². The number of carbonyl (C=O) groups is 3. The second kappa shape index (κ2) is 4.10. The minimum atomic E-state index is -1.33. The van der Waals surface area contributed by atoms with Crippen LogP contribution in [0.5, 0.6) is 0 Å². The normalized spacial score (nSPS) is 42.4. The number of ketones is 3. The van der Waals surface area contributed by atoms with E-state index in [1.807, 2.05) is 0 Å². The fourth-order valence-electron chi connectivity index (χ4n) is 4.87. The lowest BCUT2D eigenvalue weighted by atomic mass is 9.59. The molecule has 0 heterocycles. The number of rotatable bonds is 3. The first kappa shape index (κ1) is 13.7. The molecule has 4 atom stereocenters. The minimum absolute atomic E-state index is 0.0120. The van der Waals surface area contributed by atoms with Gasteiger partial charge in [0.2, 0.25) is 0 Å². The minimum Gasteiger partial charge on any atom is -0.384 e. The smallest absolute Gasteiger partial charge is 0.158 e. The van der Waals surface area contributed by atoms with Crippen LogP contribution >= 0.6 is 0 Å². The van der Waals surface area contributed by atoms with E-state index in [2.05, 4.69) is 0 Å². The molecule has 0 radical (unpaired) electrons. The zero-order valence-electron chi connectivity index (χ0n) is 11.9. The predicted molar refractivity (Wildman–Crippen MR) is 71.9 cm³/mol. The summed E-state index contributed by atoms with van der Waals surface area (Å²) < 4.78 is 0. The SMILES string of the molecule is CC(=O)C[C@H]1CC[C@]23CC=C(C(C)=O)[C@@]2(O)[C@H]1CC3=O. The summed E-state index contributed by atoms with van der Waals surface area (Å²) in [7, 11) is 0. The highest BCUT2D eigenvalue weighted by atomic mass is 16.3.